The molecule has 0 fully saturated rings. The van der Waals surface area contributed by atoms with Crippen LogP contribution in [0.25, 0.3) is 10.6 Å². The Labute approximate surface area is 88.6 Å². The van der Waals surface area contributed by atoms with E-state index in [9.17, 15) is 0 Å². The minimum absolute atomic E-state index is 0.425. The molecule has 2 aromatic rings. The van der Waals surface area contributed by atoms with E-state index in [4.69, 9.17) is 11.0 Å². The van der Waals surface area contributed by atoms with Gasteiger partial charge in [0.1, 0.15) is 6.07 Å². The van der Waals surface area contributed by atoms with Crippen molar-refractivity contribution in [1.82, 2.24) is 10.2 Å². The molecule has 0 radical (unpaired) electrons. The van der Waals surface area contributed by atoms with Crippen LogP contribution in [0.5, 0.6) is 0 Å². The maximum atomic E-state index is 8.88. The molecule has 0 aliphatic carbocycles. The van der Waals surface area contributed by atoms with Gasteiger partial charge in [0, 0.05) is 15.8 Å². The van der Waals surface area contributed by atoms with Gasteiger partial charge in [-0.25, -0.2) is 0 Å². The number of rotatable bonds is 1. The largest absolute Gasteiger partial charge is 0.374 e. The monoisotopic (exact) mass is 222 g/mol. The molecular weight excluding hydrogens is 216 g/mol. The first-order valence-corrected chi connectivity index (χ1v) is 5.49. The minimum Gasteiger partial charge on any atom is -0.374 e. The van der Waals surface area contributed by atoms with E-state index in [2.05, 4.69) is 16.3 Å². The van der Waals surface area contributed by atoms with Gasteiger partial charge in [0.05, 0.1) is 5.56 Å². The molecule has 0 saturated heterocycles. The number of nitriles is 1. The molecule has 4 nitrogen and oxygen atoms in total. The SMILES string of the molecule is Cc1scc(C#N)c1-c1nnc(N)s1. The minimum atomic E-state index is 0.425. The van der Waals surface area contributed by atoms with Crippen LogP contribution in [0.4, 0.5) is 5.13 Å². The Morgan fingerprint density at radius 3 is 2.86 bits per heavy atom. The molecule has 70 valence electrons. The molecule has 2 aromatic heterocycles. The quantitative estimate of drug-likeness (QED) is 0.801. The number of thiophene rings is 1. The fraction of sp³-hybridized carbons (Fsp3) is 0.125. The number of hydrogen-bond donors (Lipinski definition) is 1. The summed E-state index contributed by atoms with van der Waals surface area (Å²) in [6.07, 6.45) is 0. The molecule has 2 heterocycles. The first kappa shape index (κ1) is 9.12. The third kappa shape index (κ3) is 1.36. The number of anilines is 1. The van der Waals surface area contributed by atoms with E-state index < -0.39 is 0 Å². The number of hydrogen-bond acceptors (Lipinski definition) is 6. The molecule has 2 rings (SSSR count). The topological polar surface area (TPSA) is 75.6 Å². The summed E-state index contributed by atoms with van der Waals surface area (Å²) in [5.41, 5.74) is 7.00. The average molecular weight is 222 g/mol. The Bertz CT molecular complexity index is 506. The Balaban J connectivity index is 2.61. The van der Waals surface area contributed by atoms with E-state index in [1.54, 1.807) is 0 Å². The van der Waals surface area contributed by atoms with Gasteiger partial charge in [0.2, 0.25) is 5.13 Å². The predicted molar refractivity (Wildman–Crippen MR) is 57.1 cm³/mol. The van der Waals surface area contributed by atoms with Crippen molar-refractivity contribution in [2.75, 3.05) is 5.73 Å². The third-order valence-corrected chi connectivity index (χ3v) is 3.43. The molecule has 0 atom stereocenters. The molecule has 6 heteroatoms. The van der Waals surface area contributed by atoms with Gasteiger partial charge in [-0.1, -0.05) is 11.3 Å². The molecule has 0 amide bonds. The summed E-state index contributed by atoms with van der Waals surface area (Å²) in [7, 11) is 0. The lowest BCUT2D eigenvalue weighted by Crippen LogP contribution is -1.81. The molecule has 0 aliphatic rings. The van der Waals surface area contributed by atoms with Crippen molar-refractivity contribution in [3.05, 3.63) is 15.8 Å². The number of nitrogens with zero attached hydrogens (tertiary/aromatic N) is 3. The molecule has 0 spiro atoms. The van der Waals surface area contributed by atoms with Crippen LogP contribution in [0.1, 0.15) is 10.4 Å². The summed E-state index contributed by atoms with van der Waals surface area (Å²) in [5, 5.41) is 19.5. The van der Waals surface area contributed by atoms with Gasteiger partial charge in [0.15, 0.2) is 5.01 Å². The second kappa shape index (κ2) is 3.36. The highest BCUT2D eigenvalue weighted by molar-refractivity contribution is 7.18. The fourth-order valence-electron chi connectivity index (χ4n) is 1.14. The van der Waals surface area contributed by atoms with Gasteiger partial charge in [-0.2, -0.15) is 5.26 Å². The number of nitrogen functional groups attached to an aromatic ring is 1. The smallest absolute Gasteiger partial charge is 0.203 e. The summed E-state index contributed by atoms with van der Waals surface area (Å²) < 4.78 is 0. The molecule has 2 N–H and O–H groups in total. The van der Waals surface area contributed by atoms with Crippen molar-refractivity contribution in [2.24, 2.45) is 0 Å². The van der Waals surface area contributed by atoms with Gasteiger partial charge >= 0.3 is 0 Å². The molecule has 0 aliphatic heterocycles. The van der Waals surface area contributed by atoms with E-state index in [0.717, 1.165) is 15.4 Å². The van der Waals surface area contributed by atoms with Crippen LogP contribution in [0.2, 0.25) is 0 Å². The Morgan fingerprint density at radius 1 is 1.50 bits per heavy atom. The Morgan fingerprint density at radius 2 is 2.29 bits per heavy atom. The first-order chi connectivity index (χ1) is 6.72. The van der Waals surface area contributed by atoms with E-state index in [-0.39, 0.29) is 0 Å². The zero-order valence-electron chi connectivity index (χ0n) is 7.31. The van der Waals surface area contributed by atoms with Crippen LogP contribution in [0.3, 0.4) is 0 Å². The number of nitrogens with two attached hydrogens (primary N) is 1. The van der Waals surface area contributed by atoms with Crippen LogP contribution in [0.15, 0.2) is 5.38 Å². The van der Waals surface area contributed by atoms with Crippen molar-refractivity contribution >= 4 is 27.8 Å². The van der Waals surface area contributed by atoms with Gasteiger partial charge in [-0.3, -0.25) is 0 Å². The van der Waals surface area contributed by atoms with E-state index in [1.165, 1.54) is 22.7 Å². The molecule has 0 saturated carbocycles. The van der Waals surface area contributed by atoms with Crippen molar-refractivity contribution in [3.63, 3.8) is 0 Å². The normalized spacial score (nSPS) is 10.0. The van der Waals surface area contributed by atoms with Crippen LogP contribution in [-0.2, 0) is 0 Å². The van der Waals surface area contributed by atoms with Crippen molar-refractivity contribution < 1.29 is 0 Å². The highest BCUT2D eigenvalue weighted by Crippen LogP contribution is 2.34. The summed E-state index contributed by atoms with van der Waals surface area (Å²) >= 11 is 2.84. The average Bonchev–Trinajstić information content (AvgIpc) is 2.71. The van der Waals surface area contributed by atoms with Crippen molar-refractivity contribution in [2.45, 2.75) is 6.92 Å². The standard InChI is InChI=1S/C8H6N4S2/c1-4-6(5(2-9)3-13-4)7-11-12-8(10)14-7/h3H,1H3,(H2,10,12). The lowest BCUT2D eigenvalue weighted by atomic mass is 10.2. The van der Waals surface area contributed by atoms with Gasteiger partial charge in [-0.05, 0) is 6.92 Å². The lowest BCUT2D eigenvalue weighted by Gasteiger charge is -1.92. The Kier molecular flexibility index (Phi) is 2.19. The zero-order valence-corrected chi connectivity index (χ0v) is 8.95. The van der Waals surface area contributed by atoms with E-state index in [1.807, 2.05) is 12.3 Å². The summed E-state index contributed by atoms with van der Waals surface area (Å²) in [6, 6.07) is 2.13. The predicted octanol–water partition coefficient (Wildman–Crippen LogP) is 2.03. The van der Waals surface area contributed by atoms with Gasteiger partial charge < -0.3 is 5.73 Å². The zero-order chi connectivity index (χ0) is 10.1. The maximum absolute atomic E-state index is 8.88. The van der Waals surface area contributed by atoms with Crippen LogP contribution >= 0.6 is 22.7 Å². The van der Waals surface area contributed by atoms with E-state index >= 15 is 0 Å². The van der Waals surface area contributed by atoms with E-state index in [0.29, 0.717) is 10.7 Å². The molecule has 0 aromatic carbocycles. The van der Waals surface area contributed by atoms with Crippen molar-refractivity contribution in [3.8, 4) is 16.6 Å². The Hall–Kier alpha value is -1.45. The number of aryl methyl sites for hydroxylation is 1. The van der Waals surface area contributed by atoms with Gasteiger partial charge in [0.25, 0.3) is 0 Å². The molecule has 14 heavy (non-hydrogen) atoms. The highest BCUT2D eigenvalue weighted by atomic mass is 32.1. The first-order valence-electron chi connectivity index (χ1n) is 3.80. The highest BCUT2D eigenvalue weighted by Gasteiger charge is 2.14. The molecular formula is C8H6N4S2. The lowest BCUT2D eigenvalue weighted by molar-refractivity contribution is 1.10. The summed E-state index contributed by atoms with van der Waals surface area (Å²) in [5.74, 6) is 0. The molecule has 0 unspecified atom stereocenters. The van der Waals surface area contributed by atoms with Crippen LogP contribution in [0, 0.1) is 18.3 Å². The molecule has 0 bridgehead atoms. The second-order valence-electron chi connectivity index (χ2n) is 2.64. The third-order valence-electron chi connectivity index (χ3n) is 1.75. The summed E-state index contributed by atoms with van der Waals surface area (Å²) in [4.78, 5) is 1.07. The van der Waals surface area contributed by atoms with Crippen molar-refractivity contribution in [1.29, 1.82) is 5.26 Å². The maximum Gasteiger partial charge on any atom is 0.203 e. The van der Waals surface area contributed by atoms with Crippen LogP contribution in [-0.4, -0.2) is 10.2 Å². The summed E-state index contributed by atoms with van der Waals surface area (Å²) in [6.45, 7) is 1.96. The fourth-order valence-corrected chi connectivity index (χ4v) is 2.72. The van der Waals surface area contributed by atoms with Gasteiger partial charge in [-0.15, -0.1) is 21.5 Å². The van der Waals surface area contributed by atoms with Crippen LogP contribution < -0.4 is 5.73 Å². The number of aromatic nitrogens is 2. The second-order valence-corrected chi connectivity index (χ2v) is 4.73.